The van der Waals surface area contributed by atoms with Crippen LogP contribution < -0.4 is 0 Å². The van der Waals surface area contributed by atoms with Gasteiger partial charge in [0.05, 0.1) is 5.56 Å². The molecule has 2 heteroatoms. The predicted molar refractivity (Wildman–Crippen MR) is 135 cm³/mol. The molecular formula is C31H42F2. The average Bonchev–Trinajstić information content (AvgIpc) is 2.83. The van der Waals surface area contributed by atoms with Crippen LogP contribution in [0.5, 0.6) is 0 Å². The molecule has 0 saturated heterocycles. The molecule has 2 aromatic rings. The highest BCUT2D eigenvalue weighted by Crippen LogP contribution is 2.49. The summed E-state index contributed by atoms with van der Waals surface area (Å²) in [6.07, 6.45) is 16.7. The van der Waals surface area contributed by atoms with Crippen LogP contribution in [0.2, 0.25) is 0 Å². The first-order valence-corrected chi connectivity index (χ1v) is 13.7. The van der Waals surface area contributed by atoms with E-state index in [9.17, 15) is 0 Å². The number of hydrogen-bond donors (Lipinski definition) is 0. The molecule has 0 N–H and O–H groups in total. The smallest absolute Gasteiger partial charge is 0.134 e. The summed E-state index contributed by atoms with van der Waals surface area (Å²) in [5.41, 5.74) is 2.80. The Morgan fingerprint density at radius 3 is 2.12 bits per heavy atom. The summed E-state index contributed by atoms with van der Waals surface area (Å²) in [6.45, 7) is 4.36. The van der Waals surface area contributed by atoms with Crippen LogP contribution in [0.3, 0.4) is 0 Å². The van der Waals surface area contributed by atoms with E-state index in [1.54, 1.807) is 12.1 Å². The van der Waals surface area contributed by atoms with Crippen molar-refractivity contribution in [1.29, 1.82) is 0 Å². The molecule has 2 aliphatic rings. The first kappa shape index (κ1) is 24.4. The fourth-order valence-corrected chi connectivity index (χ4v) is 6.60. The van der Waals surface area contributed by atoms with Gasteiger partial charge in [0.15, 0.2) is 0 Å². The molecule has 4 unspecified atom stereocenters. The van der Waals surface area contributed by atoms with Crippen molar-refractivity contribution in [3.05, 3.63) is 59.2 Å². The molecule has 4 rings (SSSR count). The van der Waals surface area contributed by atoms with E-state index in [4.69, 9.17) is 0 Å². The number of hydrogen-bond acceptors (Lipinski definition) is 0. The van der Waals surface area contributed by atoms with Gasteiger partial charge in [-0.1, -0.05) is 83.1 Å². The molecule has 0 radical (unpaired) electrons. The Labute approximate surface area is 200 Å². The zero-order chi connectivity index (χ0) is 23.2. The number of benzene rings is 2. The van der Waals surface area contributed by atoms with Gasteiger partial charge in [-0.2, -0.15) is 0 Å². The lowest BCUT2D eigenvalue weighted by molar-refractivity contribution is 0.113. The van der Waals surface area contributed by atoms with E-state index in [1.165, 1.54) is 69.8 Å². The Bertz CT molecular complexity index is 861. The monoisotopic (exact) mass is 452 g/mol. The number of unbranched alkanes of at least 4 members (excludes halogenated alkanes) is 4. The van der Waals surface area contributed by atoms with Gasteiger partial charge in [0.2, 0.25) is 0 Å². The van der Waals surface area contributed by atoms with Crippen LogP contribution in [0.15, 0.2) is 36.4 Å². The van der Waals surface area contributed by atoms with Crippen molar-refractivity contribution in [2.75, 3.05) is 0 Å². The predicted octanol–water partition coefficient (Wildman–Crippen LogP) is 9.85. The number of halogens is 2. The van der Waals surface area contributed by atoms with E-state index in [0.29, 0.717) is 11.5 Å². The normalized spacial score (nSPS) is 25.1. The maximum absolute atomic E-state index is 15.1. The summed E-state index contributed by atoms with van der Waals surface area (Å²) < 4.78 is 30.1. The first-order valence-electron chi connectivity index (χ1n) is 13.7. The van der Waals surface area contributed by atoms with Gasteiger partial charge < -0.3 is 0 Å². The highest BCUT2D eigenvalue weighted by Gasteiger charge is 2.36. The zero-order valence-electron chi connectivity index (χ0n) is 20.7. The van der Waals surface area contributed by atoms with E-state index in [0.717, 1.165) is 42.6 Å². The number of aryl methyl sites for hydroxylation is 1. The van der Waals surface area contributed by atoms with E-state index in [2.05, 4.69) is 13.8 Å². The van der Waals surface area contributed by atoms with Gasteiger partial charge in [0.1, 0.15) is 11.6 Å². The Morgan fingerprint density at radius 2 is 1.42 bits per heavy atom. The molecule has 33 heavy (non-hydrogen) atoms. The molecule has 0 nitrogen and oxygen atoms in total. The molecule has 0 heterocycles. The summed E-state index contributed by atoms with van der Waals surface area (Å²) in [5.74, 6) is 1.97. The van der Waals surface area contributed by atoms with Gasteiger partial charge in [-0.05, 0) is 91.0 Å². The summed E-state index contributed by atoms with van der Waals surface area (Å²) in [4.78, 5) is 0. The maximum Gasteiger partial charge on any atom is 0.134 e. The summed E-state index contributed by atoms with van der Waals surface area (Å²) in [7, 11) is 0. The van der Waals surface area contributed by atoms with Crippen LogP contribution in [0.4, 0.5) is 8.78 Å². The van der Waals surface area contributed by atoms with Crippen molar-refractivity contribution in [2.24, 2.45) is 17.8 Å². The lowest BCUT2D eigenvalue weighted by Gasteiger charge is -2.42. The minimum absolute atomic E-state index is 0.120. The van der Waals surface area contributed by atoms with Crippen molar-refractivity contribution in [1.82, 2.24) is 0 Å². The molecule has 4 atom stereocenters. The highest BCUT2D eigenvalue weighted by molar-refractivity contribution is 5.65. The molecule has 2 fully saturated rings. The summed E-state index contributed by atoms with van der Waals surface area (Å²) >= 11 is 0. The molecule has 180 valence electrons. The van der Waals surface area contributed by atoms with Gasteiger partial charge >= 0.3 is 0 Å². The Balaban J connectivity index is 1.36. The van der Waals surface area contributed by atoms with E-state index in [1.807, 2.05) is 24.3 Å². The van der Waals surface area contributed by atoms with Crippen LogP contribution in [-0.4, -0.2) is 0 Å². The molecule has 0 bridgehead atoms. The second kappa shape index (κ2) is 11.6. The zero-order valence-corrected chi connectivity index (χ0v) is 20.7. The van der Waals surface area contributed by atoms with Gasteiger partial charge in [-0.25, -0.2) is 8.78 Å². The van der Waals surface area contributed by atoms with Gasteiger partial charge in [-0.3, -0.25) is 0 Å². The largest absolute Gasteiger partial charge is 0.206 e. The molecule has 2 aliphatic carbocycles. The van der Waals surface area contributed by atoms with E-state index >= 15 is 8.78 Å². The van der Waals surface area contributed by atoms with Crippen molar-refractivity contribution in [2.45, 2.75) is 103 Å². The fourth-order valence-electron chi connectivity index (χ4n) is 6.60. The second-order valence-electron chi connectivity index (χ2n) is 10.8. The first-order chi connectivity index (χ1) is 16.1. The molecule has 0 aliphatic heterocycles. The summed E-state index contributed by atoms with van der Waals surface area (Å²) in [6, 6.07) is 10.9. The average molecular weight is 453 g/mol. The van der Waals surface area contributed by atoms with Crippen LogP contribution in [0.1, 0.15) is 108 Å². The second-order valence-corrected chi connectivity index (χ2v) is 10.8. The molecular weight excluding hydrogens is 410 g/mol. The van der Waals surface area contributed by atoms with Gasteiger partial charge in [0.25, 0.3) is 0 Å². The topological polar surface area (TPSA) is 0 Å². The van der Waals surface area contributed by atoms with Crippen LogP contribution in [0.25, 0.3) is 11.1 Å². The Kier molecular flexibility index (Phi) is 8.61. The van der Waals surface area contributed by atoms with E-state index < -0.39 is 11.6 Å². The maximum atomic E-state index is 15.1. The van der Waals surface area contributed by atoms with Crippen molar-refractivity contribution in [3.8, 4) is 11.1 Å². The number of rotatable bonds is 9. The standard InChI is InChI=1S/C31H42F2/c1-3-5-6-7-8-9-23-12-15-26-19-27(17-16-25(26)18-23)28-20-29(32)31(30(33)21-28)24-13-10-22(4-2)11-14-24/h10-11,13-14,20-21,23,25-27H,3-9,12,15-19H2,1-2H3. The third-order valence-electron chi connectivity index (χ3n) is 8.62. The van der Waals surface area contributed by atoms with E-state index in [-0.39, 0.29) is 5.56 Å². The van der Waals surface area contributed by atoms with Gasteiger partial charge in [-0.15, -0.1) is 0 Å². The summed E-state index contributed by atoms with van der Waals surface area (Å²) in [5, 5.41) is 0. The highest BCUT2D eigenvalue weighted by atomic mass is 19.1. The molecule has 0 amide bonds. The van der Waals surface area contributed by atoms with Gasteiger partial charge in [0, 0.05) is 0 Å². The Morgan fingerprint density at radius 1 is 0.758 bits per heavy atom. The number of fused-ring (bicyclic) bond motifs is 1. The minimum atomic E-state index is -0.414. The third kappa shape index (κ3) is 6.06. The lowest BCUT2D eigenvalue weighted by atomic mass is 9.63. The molecule has 2 saturated carbocycles. The molecule has 0 aromatic heterocycles. The van der Waals surface area contributed by atoms with Crippen molar-refractivity contribution < 1.29 is 8.78 Å². The van der Waals surface area contributed by atoms with Crippen LogP contribution in [-0.2, 0) is 6.42 Å². The SMILES string of the molecule is CCCCCCCC1CCC2CC(c3cc(F)c(-c4ccc(CC)cc4)c(F)c3)CCC2C1. The van der Waals surface area contributed by atoms with Crippen molar-refractivity contribution in [3.63, 3.8) is 0 Å². The quantitative estimate of drug-likeness (QED) is 0.332. The molecule has 2 aromatic carbocycles. The lowest BCUT2D eigenvalue weighted by Crippen LogP contribution is -2.30. The van der Waals surface area contributed by atoms with Crippen LogP contribution in [0, 0.1) is 29.4 Å². The minimum Gasteiger partial charge on any atom is -0.206 e. The van der Waals surface area contributed by atoms with Crippen LogP contribution >= 0.6 is 0 Å². The third-order valence-corrected chi connectivity index (χ3v) is 8.62. The molecule has 0 spiro atoms. The fraction of sp³-hybridized carbons (Fsp3) is 0.613. The van der Waals surface area contributed by atoms with Crippen molar-refractivity contribution >= 4 is 0 Å². The Hall–Kier alpha value is -1.70.